The van der Waals surface area contributed by atoms with Gasteiger partial charge in [0, 0.05) is 17.9 Å². The summed E-state index contributed by atoms with van der Waals surface area (Å²) in [7, 11) is 0. The van der Waals surface area contributed by atoms with Gasteiger partial charge in [-0.25, -0.2) is 0 Å². The van der Waals surface area contributed by atoms with Crippen molar-refractivity contribution in [2.24, 2.45) is 0 Å². The second kappa shape index (κ2) is 6.78. The number of hydrogen-bond acceptors (Lipinski definition) is 4. The maximum absolute atomic E-state index is 12.2. The first-order valence-corrected chi connectivity index (χ1v) is 7.41. The van der Waals surface area contributed by atoms with Crippen LogP contribution in [0.15, 0.2) is 24.3 Å². The molecule has 0 unspecified atom stereocenters. The first kappa shape index (κ1) is 17.0. The van der Waals surface area contributed by atoms with Gasteiger partial charge in [-0.15, -0.1) is 0 Å². The number of aliphatic carboxylic acids is 1. The Morgan fingerprint density at radius 3 is 2.43 bits per heavy atom. The van der Waals surface area contributed by atoms with Gasteiger partial charge in [0.25, 0.3) is 11.8 Å². The molecule has 1 aliphatic heterocycles. The van der Waals surface area contributed by atoms with Crippen LogP contribution in [0.5, 0.6) is 0 Å². The second-order valence-electron chi connectivity index (χ2n) is 5.75. The monoisotopic (exact) mass is 320 g/mol. The van der Waals surface area contributed by atoms with E-state index in [0.717, 1.165) is 6.42 Å². The van der Waals surface area contributed by atoms with Crippen LogP contribution in [0.4, 0.5) is 5.69 Å². The van der Waals surface area contributed by atoms with Gasteiger partial charge >= 0.3 is 5.97 Å². The number of nitrogens with one attached hydrogen (secondary N) is 2. The Kier molecular flexibility index (Phi) is 5.00. The van der Waals surface area contributed by atoms with Gasteiger partial charge in [-0.3, -0.25) is 14.4 Å². The van der Waals surface area contributed by atoms with Crippen LogP contribution in [-0.2, 0) is 14.3 Å². The van der Waals surface area contributed by atoms with Crippen molar-refractivity contribution in [1.29, 1.82) is 0 Å². The summed E-state index contributed by atoms with van der Waals surface area (Å²) in [5.74, 6) is -1.80. The van der Waals surface area contributed by atoms with Gasteiger partial charge in [0.15, 0.2) is 0 Å². The molecule has 2 atom stereocenters. The zero-order chi connectivity index (χ0) is 17.0. The van der Waals surface area contributed by atoms with Crippen molar-refractivity contribution in [1.82, 2.24) is 5.32 Å². The minimum atomic E-state index is -1.10. The van der Waals surface area contributed by atoms with E-state index in [-0.39, 0.29) is 5.91 Å². The van der Waals surface area contributed by atoms with Crippen molar-refractivity contribution >= 4 is 23.5 Å². The molecule has 1 fully saturated rings. The Labute approximate surface area is 134 Å². The van der Waals surface area contributed by atoms with Gasteiger partial charge in [-0.1, -0.05) is 0 Å². The maximum atomic E-state index is 12.2. The van der Waals surface area contributed by atoms with Gasteiger partial charge in [0.1, 0.15) is 11.6 Å². The van der Waals surface area contributed by atoms with Gasteiger partial charge in [0.2, 0.25) is 0 Å². The van der Waals surface area contributed by atoms with E-state index in [1.54, 1.807) is 19.1 Å². The molecule has 0 saturated carbocycles. The Hall–Kier alpha value is -2.41. The Bertz CT molecular complexity index is 605. The third-order valence-electron chi connectivity index (χ3n) is 3.82. The molecule has 23 heavy (non-hydrogen) atoms. The first-order chi connectivity index (χ1) is 10.8. The molecule has 1 saturated heterocycles. The van der Waals surface area contributed by atoms with Crippen LogP contribution in [-0.4, -0.2) is 41.1 Å². The highest BCUT2D eigenvalue weighted by molar-refractivity contribution is 5.99. The summed E-state index contributed by atoms with van der Waals surface area (Å²) >= 11 is 0. The number of ether oxygens (including phenoxy) is 1. The molecule has 2 amide bonds. The number of amides is 2. The minimum absolute atomic E-state index is 0.216. The quantitative estimate of drug-likeness (QED) is 0.760. The van der Waals surface area contributed by atoms with Crippen molar-refractivity contribution < 1.29 is 24.2 Å². The number of carbonyl (C=O) groups excluding carboxylic acids is 2. The van der Waals surface area contributed by atoms with Crippen molar-refractivity contribution in [2.45, 2.75) is 38.3 Å². The van der Waals surface area contributed by atoms with E-state index in [2.05, 4.69) is 10.6 Å². The first-order valence-electron chi connectivity index (χ1n) is 7.41. The van der Waals surface area contributed by atoms with Gasteiger partial charge < -0.3 is 20.5 Å². The van der Waals surface area contributed by atoms with E-state index in [4.69, 9.17) is 9.84 Å². The fourth-order valence-corrected chi connectivity index (χ4v) is 2.27. The molecule has 124 valence electrons. The highest BCUT2D eigenvalue weighted by Crippen LogP contribution is 2.26. The average molecular weight is 320 g/mol. The number of carbonyl (C=O) groups is 3. The fraction of sp³-hybridized carbons (Fsp3) is 0.438. The Morgan fingerprint density at radius 2 is 1.91 bits per heavy atom. The summed E-state index contributed by atoms with van der Waals surface area (Å²) in [6.45, 7) is 3.71. The number of carboxylic acid groups (broad SMARTS) is 1. The molecule has 7 nitrogen and oxygen atoms in total. The summed E-state index contributed by atoms with van der Waals surface area (Å²) in [4.78, 5) is 34.8. The van der Waals surface area contributed by atoms with Crippen molar-refractivity contribution in [2.75, 3.05) is 11.9 Å². The lowest BCUT2D eigenvalue weighted by Gasteiger charge is -2.21. The van der Waals surface area contributed by atoms with Crippen LogP contribution in [0.1, 0.15) is 37.0 Å². The van der Waals surface area contributed by atoms with Gasteiger partial charge in [-0.05, 0) is 51.0 Å². The maximum Gasteiger partial charge on any atom is 0.325 e. The molecule has 0 bridgehead atoms. The third kappa shape index (κ3) is 4.07. The zero-order valence-electron chi connectivity index (χ0n) is 13.1. The number of rotatable bonds is 5. The number of hydrogen-bond donors (Lipinski definition) is 3. The zero-order valence-corrected chi connectivity index (χ0v) is 13.1. The summed E-state index contributed by atoms with van der Waals surface area (Å²) < 4.78 is 5.47. The molecule has 1 heterocycles. The van der Waals surface area contributed by atoms with Crippen LogP contribution in [0, 0.1) is 0 Å². The predicted octanol–water partition coefficient (Wildman–Crippen LogP) is 1.40. The summed E-state index contributed by atoms with van der Waals surface area (Å²) in [6.07, 6.45) is 1.52. The smallest absolute Gasteiger partial charge is 0.325 e. The molecule has 2 rings (SSSR count). The predicted molar refractivity (Wildman–Crippen MR) is 83.2 cm³/mol. The largest absolute Gasteiger partial charge is 0.480 e. The van der Waals surface area contributed by atoms with Gasteiger partial charge in [-0.2, -0.15) is 0 Å². The standard InChI is InChI=1S/C16H20N2O5/c1-10(14(20)21)17-13(19)11-4-6-12(7-5-11)18-15(22)16(2)8-3-9-23-16/h4-7,10H,3,8-9H2,1-2H3,(H,17,19)(H,18,22)(H,20,21)/t10-,16-/m0/s1. The van der Waals surface area contributed by atoms with Gasteiger partial charge in [0.05, 0.1) is 0 Å². The second-order valence-corrected chi connectivity index (χ2v) is 5.75. The molecule has 0 aliphatic carbocycles. The molecule has 0 spiro atoms. The molecular weight excluding hydrogens is 300 g/mol. The van der Waals surface area contributed by atoms with Crippen LogP contribution in [0.2, 0.25) is 0 Å². The van der Waals surface area contributed by atoms with Crippen LogP contribution in [0.25, 0.3) is 0 Å². The van der Waals surface area contributed by atoms with Crippen molar-refractivity contribution in [3.8, 4) is 0 Å². The molecule has 0 aromatic heterocycles. The SMILES string of the molecule is C[C@H](NC(=O)c1ccc(NC(=O)[C@]2(C)CCCO2)cc1)C(=O)O. The third-order valence-corrected chi connectivity index (χ3v) is 3.82. The van der Waals surface area contributed by atoms with Crippen molar-refractivity contribution in [3.05, 3.63) is 29.8 Å². The Morgan fingerprint density at radius 1 is 1.26 bits per heavy atom. The summed E-state index contributed by atoms with van der Waals surface area (Å²) in [5.41, 5.74) is 0.0569. The molecule has 3 N–H and O–H groups in total. The molecular formula is C16H20N2O5. The Balaban J connectivity index is 1.98. The molecule has 1 aliphatic rings. The lowest BCUT2D eigenvalue weighted by Crippen LogP contribution is -2.39. The summed E-state index contributed by atoms with van der Waals surface area (Å²) in [5, 5.41) is 13.9. The fourth-order valence-electron chi connectivity index (χ4n) is 2.27. The average Bonchev–Trinajstić information content (AvgIpc) is 2.96. The minimum Gasteiger partial charge on any atom is -0.480 e. The van der Waals surface area contributed by atoms with E-state index in [1.807, 2.05) is 0 Å². The van der Waals surface area contributed by atoms with E-state index in [9.17, 15) is 14.4 Å². The van der Waals surface area contributed by atoms with E-state index in [0.29, 0.717) is 24.3 Å². The van der Waals surface area contributed by atoms with E-state index >= 15 is 0 Å². The molecule has 7 heteroatoms. The normalized spacial score (nSPS) is 21.5. The molecule has 1 aromatic carbocycles. The van der Waals surface area contributed by atoms with Crippen LogP contribution >= 0.6 is 0 Å². The lowest BCUT2D eigenvalue weighted by atomic mass is 10.0. The number of carboxylic acids is 1. The summed E-state index contributed by atoms with van der Waals surface area (Å²) in [6, 6.07) is 5.27. The lowest BCUT2D eigenvalue weighted by molar-refractivity contribution is -0.138. The number of benzene rings is 1. The highest BCUT2D eigenvalue weighted by atomic mass is 16.5. The van der Waals surface area contributed by atoms with Crippen molar-refractivity contribution in [3.63, 3.8) is 0 Å². The van der Waals surface area contributed by atoms with E-state index in [1.165, 1.54) is 19.1 Å². The number of anilines is 1. The van der Waals surface area contributed by atoms with E-state index < -0.39 is 23.5 Å². The molecule has 0 radical (unpaired) electrons. The molecule has 1 aromatic rings. The highest BCUT2D eigenvalue weighted by Gasteiger charge is 2.37. The van der Waals surface area contributed by atoms with Crippen LogP contribution < -0.4 is 10.6 Å². The topological polar surface area (TPSA) is 105 Å². The van der Waals surface area contributed by atoms with Crippen LogP contribution in [0.3, 0.4) is 0 Å².